The maximum Gasteiger partial charge on any atom is 0.258 e. The minimum atomic E-state index is -0.202. The van der Waals surface area contributed by atoms with Crippen LogP contribution in [0.2, 0.25) is 5.02 Å². The van der Waals surface area contributed by atoms with E-state index in [4.69, 9.17) is 26.1 Å². The second-order valence-electron chi connectivity index (χ2n) is 7.85. The van der Waals surface area contributed by atoms with Crippen molar-refractivity contribution < 1.29 is 14.3 Å². The molecule has 1 aliphatic heterocycles. The quantitative estimate of drug-likeness (QED) is 0.573. The van der Waals surface area contributed by atoms with Gasteiger partial charge in [-0.2, -0.15) is 0 Å². The summed E-state index contributed by atoms with van der Waals surface area (Å²) in [5, 5.41) is 3.62. The first-order valence-electron chi connectivity index (χ1n) is 10.8. The Hall–Kier alpha value is -3.06. The zero-order chi connectivity index (χ0) is 22.7. The molecule has 2 aromatic carbocycles. The van der Waals surface area contributed by atoms with Gasteiger partial charge in [-0.3, -0.25) is 4.79 Å². The SMILES string of the molecule is CCOc1nc2ccccc2nc1N1CCC[C@@H](C(=O)Nc2cc(C)c(Cl)cc2OC)C1. The molecule has 0 radical (unpaired) electrons. The molecular formula is C24H27ClN4O3. The summed E-state index contributed by atoms with van der Waals surface area (Å²) in [5.41, 5.74) is 3.09. The van der Waals surface area contributed by atoms with Gasteiger partial charge >= 0.3 is 0 Å². The molecule has 0 aliphatic carbocycles. The minimum absolute atomic E-state index is 0.0542. The van der Waals surface area contributed by atoms with E-state index in [2.05, 4.69) is 15.2 Å². The number of amides is 1. The summed E-state index contributed by atoms with van der Waals surface area (Å²) in [5.74, 6) is 1.47. The van der Waals surface area contributed by atoms with Crippen LogP contribution in [0.4, 0.5) is 11.5 Å². The number of nitrogens with one attached hydrogen (secondary N) is 1. The summed E-state index contributed by atoms with van der Waals surface area (Å²) < 4.78 is 11.2. The second kappa shape index (κ2) is 9.61. The monoisotopic (exact) mass is 454 g/mol. The van der Waals surface area contributed by atoms with E-state index in [0.29, 0.717) is 41.3 Å². The van der Waals surface area contributed by atoms with Gasteiger partial charge in [0.05, 0.1) is 36.4 Å². The molecule has 0 spiro atoms. The molecule has 0 unspecified atom stereocenters. The number of halogens is 1. The normalized spacial score (nSPS) is 16.1. The number of carbonyl (C=O) groups excluding carboxylic acids is 1. The van der Waals surface area contributed by atoms with Crippen molar-refractivity contribution in [2.24, 2.45) is 5.92 Å². The number of methoxy groups -OCH3 is 1. The van der Waals surface area contributed by atoms with E-state index in [1.165, 1.54) is 0 Å². The fraction of sp³-hybridized carbons (Fsp3) is 0.375. The second-order valence-corrected chi connectivity index (χ2v) is 8.26. The maximum absolute atomic E-state index is 13.1. The minimum Gasteiger partial charge on any atom is -0.495 e. The summed E-state index contributed by atoms with van der Waals surface area (Å²) in [6, 6.07) is 11.3. The van der Waals surface area contributed by atoms with Crippen LogP contribution in [0.1, 0.15) is 25.3 Å². The Kier molecular flexibility index (Phi) is 6.65. The van der Waals surface area contributed by atoms with E-state index < -0.39 is 0 Å². The van der Waals surface area contributed by atoms with Gasteiger partial charge in [-0.15, -0.1) is 0 Å². The van der Waals surface area contributed by atoms with E-state index >= 15 is 0 Å². The molecule has 1 aromatic heterocycles. The maximum atomic E-state index is 13.1. The number of rotatable bonds is 6. The third-order valence-corrected chi connectivity index (χ3v) is 6.04. The highest BCUT2D eigenvalue weighted by Crippen LogP contribution is 2.33. The molecule has 32 heavy (non-hydrogen) atoms. The van der Waals surface area contributed by atoms with Crippen LogP contribution in [-0.2, 0) is 4.79 Å². The Morgan fingerprint density at radius 3 is 2.72 bits per heavy atom. The van der Waals surface area contributed by atoms with Gasteiger partial charge in [0.25, 0.3) is 5.88 Å². The lowest BCUT2D eigenvalue weighted by Crippen LogP contribution is -2.41. The number of piperidine rings is 1. The van der Waals surface area contributed by atoms with Gasteiger partial charge in [-0.1, -0.05) is 23.7 Å². The molecule has 0 saturated carbocycles. The number of fused-ring (bicyclic) bond motifs is 1. The fourth-order valence-corrected chi connectivity index (χ4v) is 4.12. The van der Waals surface area contributed by atoms with E-state index in [-0.39, 0.29) is 11.8 Å². The van der Waals surface area contributed by atoms with Crippen LogP contribution in [-0.4, -0.2) is 42.7 Å². The predicted octanol–water partition coefficient (Wildman–Crippen LogP) is 4.85. The number of carbonyl (C=O) groups is 1. The van der Waals surface area contributed by atoms with Gasteiger partial charge in [0.15, 0.2) is 5.82 Å². The van der Waals surface area contributed by atoms with Crippen molar-refractivity contribution in [3.8, 4) is 11.6 Å². The molecule has 1 atom stereocenters. The Morgan fingerprint density at radius 2 is 2.00 bits per heavy atom. The van der Waals surface area contributed by atoms with Crippen molar-refractivity contribution in [2.45, 2.75) is 26.7 Å². The molecule has 3 aromatic rings. The van der Waals surface area contributed by atoms with Crippen LogP contribution in [0.25, 0.3) is 11.0 Å². The number of ether oxygens (including phenoxy) is 2. The molecule has 2 heterocycles. The Morgan fingerprint density at radius 1 is 1.25 bits per heavy atom. The fourth-order valence-electron chi connectivity index (χ4n) is 3.96. The Labute approximate surface area is 192 Å². The Bertz CT molecular complexity index is 1140. The summed E-state index contributed by atoms with van der Waals surface area (Å²) in [7, 11) is 1.56. The highest BCUT2D eigenvalue weighted by molar-refractivity contribution is 6.31. The number of benzene rings is 2. The van der Waals surface area contributed by atoms with Gasteiger partial charge in [-0.25, -0.2) is 9.97 Å². The van der Waals surface area contributed by atoms with Gasteiger partial charge in [0, 0.05) is 24.2 Å². The summed E-state index contributed by atoms with van der Waals surface area (Å²) >= 11 is 6.19. The summed E-state index contributed by atoms with van der Waals surface area (Å²) in [6.07, 6.45) is 1.66. The van der Waals surface area contributed by atoms with E-state index in [0.717, 1.165) is 36.0 Å². The van der Waals surface area contributed by atoms with Crippen LogP contribution in [0.15, 0.2) is 36.4 Å². The lowest BCUT2D eigenvalue weighted by molar-refractivity contribution is -0.120. The zero-order valence-electron chi connectivity index (χ0n) is 18.5. The first kappa shape index (κ1) is 22.1. The van der Waals surface area contributed by atoms with Crippen LogP contribution in [0, 0.1) is 12.8 Å². The predicted molar refractivity (Wildman–Crippen MR) is 127 cm³/mol. The van der Waals surface area contributed by atoms with Crippen LogP contribution >= 0.6 is 11.6 Å². The number of aromatic nitrogens is 2. The van der Waals surface area contributed by atoms with E-state index in [1.54, 1.807) is 13.2 Å². The summed E-state index contributed by atoms with van der Waals surface area (Å²) in [6.45, 7) is 5.64. The number of hydrogen-bond acceptors (Lipinski definition) is 6. The topological polar surface area (TPSA) is 76.6 Å². The number of anilines is 2. The van der Waals surface area contributed by atoms with Crippen molar-refractivity contribution in [2.75, 3.05) is 37.0 Å². The lowest BCUT2D eigenvalue weighted by Gasteiger charge is -2.33. The molecule has 168 valence electrons. The van der Waals surface area contributed by atoms with Gasteiger partial charge in [-0.05, 0) is 50.5 Å². The third-order valence-electron chi connectivity index (χ3n) is 5.63. The van der Waals surface area contributed by atoms with Crippen molar-refractivity contribution in [3.63, 3.8) is 0 Å². The molecule has 0 bridgehead atoms. The van der Waals surface area contributed by atoms with Crippen LogP contribution in [0.3, 0.4) is 0 Å². The number of aryl methyl sites for hydroxylation is 1. The largest absolute Gasteiger partial charge is 0.495 e. The van der Waals surface area contributed by atoms with E-state index in [9.17, 15) is 4.79 Å². The first-order chi connectivity index (χ1) is 15.5. The van der Waals surface area contributed by atoms with Crippen LogP contribution in [0.5, 0.6) is 11.6 Å². The van der Waals surface area contributed by atoms with Gasteiger partial charge in [0.1, 0.15) is 5.75 Å². The zero-order valence-corrected chi connectivity index (χ0v) is 19.3. The molecular weight excluding hydrogens is 428 g/mol. The number of para-hydroxylation sites is 2. The standard InChI is InChI=1S/C24H27ClN4O3/c1-4-32-24-22(26-18-9-5-6-10-19(18)28-24)29-11-7-8-16(14-29)23(30)27-20-12-15(2)17(25)13-21(20)31-3/h5-6,9-10,12-13,16H,4,7-8,11,14H2,1-3H3,(H,27,30)/t16-/m1/s1. The number of hydrogen-bond donors (Lipinski definition) is 1. The van der Waals surface area contributed by atoms with Crippen LogP contribution < -0.4 is 19.7 Å². The highest BCUT2D eigenvalue weighted by atomic mass is 35.5. The van der Waals surface area contributed by atoms with Crippen molar-refractivity contribution in [3.05, 3.63) is 47.0 Å². The third kappa shape index (κ3) is 4.58. The molecule has 1 saturated heterocycles. The highest BCUT2D eigenvalue weighted by Gasteiger charge is 2.29. The molecule has 1 amide bonds. The molecule has 8 heteroatoms. The Balaban J connectivity index is 1.57. The summed E-state index contributed by atoms with van der Waals surface area (Å²) in [4.78, 5) is 24.7. The molecule has 1 fully saturated rings. The van der Waals surface area contributed by atoms with Crippen molar-refractivity contribution >= 4 is 40.0 Å². The average Bonchev–Trinajstić information content (AvgIpc) is 2.81. The average molecular weight is 455 g/mol. The van der Waals surface area contributed by atoms with Crippen molar-refractivity contribution in [1.82, 2.24) is 9.97 Å². The lowest BCUT2D eigenvalue weighted by atomic mass is 9.97. The van der Waals surface area contributed by atoms with Gasteiger partial charge in [0.2, 0.25) is 5.91 Å². The first-order valence-corrected chi connectivity index (χ1v) is 11.2. The number of nitrogens with zero attached hydrogens (tertiary/aromatic N) is 3. The smallest absolute Gasteiger partial charge is 0.258 e. The molecule has 4 rings (SSSR count). The van der Waals surface area contributed by atoms with E-state index in [1.807, 2.05) is 44.2 Å². The molecule has 7 nitrogen and oxygen atoms in total. The molecule has 1 aliphatic rings. The van der Waals surface area contributed by atoms with Gasteiger partial charge < -0.3 is 19.7 Å². The molecule has 1 N–H and O–H groups in total. The van der Waals surface area contributed by atoms with Crippen molar-refractivity contribution in [1.29, 1.82) is 0 Å².